The molecule has 0 saturated heterocycles. The van der Waals surface area contributed by atoms with Gasteiger partial charge >= 0.3 is 5.92 Å². The van der Waals surface area contributed by atoms with E-state index in [1.54, 1.807) is 0 Å². The average molecular weight is 162 g/mol. The molecular formula is C8H12F2O. The third kappa shape index (κ3) is 1.64. The second kappa shape index (κ2) is 2.72. The predicted molar refractivity (Wildman–Crippen MR) is 39.6 cm³/mol. The van der Waals surface area contributed by atoms with Gasteiger partial charge in [-0.25, -0.2) is 0 Å². The van der Waals surface area contributed by atoms with Gasteiger partial charge in [-0.2, -0.15) is 8.78 Å². The first-order valence-electron chi connectivity index (χ1n) is 3.28. The standard InChI is InChI=1S/C8H12F2O/c1-5-7(3,4)8(9,10)6(2)11/h5H,1H2,2-4H3. The van der Waals surface area contributed by atoms with Crippen molar-refractivity contribution in [2.24, 2.45) is 5.41 Å². The molecule has 0 spiro atoms. The van der Waals surface area contributed by atoms with Gasteiger partial charge in [0, 0.05) is 6.92 Å². The van der Waals surface area contributed by atoms with Crippen molar-refractivity contribution in [1.29, 1.82) is 0 Å². The van der Waals surface area contributed by atoms with Crippen LogP contribution in [-0.2, 0) is 4.79 Å². The SMILES string of the molecule is C=CC(C)(C)C(F)(F)C(C)=O. The Morgan fingerprint density at radius 1 is 1.45 bits per heavy atom. The van der Waals surface area contributed by atoms with Gasteiger partial charge in [-0.3, -0.25) is 4.79 Å². The van der Waals surface area contributed by atoms with Gasteiger partial charge in [0.1, 0.15) is 0 Å². The second-order valence-corrected chi connectivity index (χ2v) is 3.06. The fraction of sp³-hybridized carbons (Fsp3) is 0.625. The molecule has 0 aliphatic rings. The van der Waals surface area contributed by atoms with Crippen molar-refractivity contribution in [3.8, 4) is 0 Å². The molecule has 0 atom stereocenters. The molecule has 0 aromatic heterocycles. The Kier molecular flexibility index (Phi) is 2.54. The smallest absolute Gasteiger partial charge is 0.293 e. The molecule has 0 aromatic carbocycles. The summed E-state index contributed by atoms with van der Waals surface area (Å²) in [5.41, 5.74) is -1.46. The zero-order valence-corrected chi connectivity index (χ0v) is 6.95. The van der Waals surface area contributed by atoms with Crippen molar-refractivity contribution in [1.82, 2.24) is 0 Å². The van der Waals surface area contributed by atoms with Gasteiger partial charge in [0.2, 0.25) is 0 Å². The van der Waals surface area contributed by atoms with Crippen molar-refractivity contribution in [3.63, 3.8) is 0 Å². The maximum atomic E-state index is 12.9. The van der Waals surface area contributed by atoms with Gasteiger partial charge in [0.25, 0.3) is 0 Å². The average Bonchev–Trinajstić information content (AvgIpc) is 1.87. The lowest BCUT2D eigenvalue weighted by Gasteiger charge is -2.28. The summed E-state index contributed by atoms with van der Waals surface area (Å²) < 4.78 is 25.8. The van der Waals surface area contributed by atoms with Crippen LogP contribution in [0.2, 0.25) is 0 Å². The Hall–Kier alpha value is -0.730. The quantitative estimate of drug-likeness (QED) is 0.582. The molecule has 0 aliphatic carbocycles. The number of hydrogen-bond donors (Lipinski definition) is 0. The normalized spacial score (nSPS) is 12.8. The molecule has 64 valence electrons. The summed E-state index contributed by atoms with van der Waals surface area (Å²) >= 11 is 0. The maximum absolute atomic E-state index is 12.9. The molecule has 11 heavy (non-hydrogen) atoms. The van der Waals surface area contributed by atoms with Gasteiger partial charge in [-0.05, 0) is 0 Å². The first kappa shape index (κ1) is 10.3. The van der Waals surface area contributed by atoms with Crippen LogP contribution in [0.15, 0.2) is 12.7 Å². The van der Waals surface area contributed by atoms with Crippen LogP contribution in [0.25, 0.3) is 0 Å². The fourth-order valence-electron chi connectivity index (χ4n) is 0.582. The zero-order valence-electron chi connectivity index (χ0n) is 6.95. The molecule has 0 heterocycles. The number of ketones is 1. The molecule has 0 amide bonds. The van der Waals surface area contributed by atoms with E-state index in [1.807, 2.05) is 0 Å². The maximum Gasteiger partial charge on any atom is 0.313 e. The van der Waals surface area contributed by atoms with Crippen molar-refractivity contribution >= 4 is 5.78 Å². The van der Waals surface area contributed by atoms with Crippen LogP contribution in [0.5, 0.6) is 0 Å². The van der Waals surface area contributed by atoms with Crippen LogP contribution in [-0.4, -0.2) is 11.7 Å². The van der Waals surface area contributed by atoms with Gasteiger partial charge in [-0.15, -0.1) is 6.58 Å². The van der Waals surface area contributed by atoms with E-state index in [2.05, 4.69) is 6.58 Å². The Labute approximate surface area is 65.1 Å². The predicted octanol–water partition coefficient (Wildman–Crippen LogP) is 2.42. The zero-order chi connectivity index (χ0) is 9.28. The van der Waals surface area contributed by atoms with E-state index in [4.69, 9.17) is 0 Å². The molecule has 0 radical (unpaired) electrons. The number of allylic oxidation sites excluding steroid dienone is 1. The molecule has 0 unspecified atom stereocenters. The number of carbonyl (C=O) groups excluding carboxylic acids is 1. The lowest BCUT2D eigenvalue weighted by molar-refractivity contribution is -0.153. The van der Waals surface area contributed by atoms with Crippen molar-refractivity contribution in [2.75, 3.05) is 0 Å². The Morgan fingerprint density at radius 2 is 1.82 bits per heavy atom. The highest BCUT2D eigenvalue weighted by molar-refractivity contribution is 5.84. The fourth-order valence-corrected chi connectivity index (χ4v) is 0.582. The highest BCUT2D eigenvalue weighted by atomic mass is 19.3. The van der Waals surface area contributed by atoms with E-state index in [0.717, 1.165) is 13.0 Å². The lowest BCUT2D eigenvalue weighted by Crippen LogP contribution is -2.41. The molecule has 0 bridgehead atoms. The number of Topliss-reactive ketones (excluding diaryl/α,β-unsaturated/α-hetero) is 1. The second-order valence-electron chi connectivity index (χ2n) is 3.06. The molecule has 0 aromatic rings. The highest BCUT2D eigenvalue weighted by Gasteiger charge is 2.48. The van der Waals surface area contributed by atoms with Crippen LogP contribution >= 0.6 is 0 Å². The number of hydrogen-bond acceptors (Lipinski definition) is 1. The molecule has 3 heteroatoms. The van der Waals surface area contributed by atoms with Gasteiger partial charge in [-0.1, -0.05) is 19.9 Å². The monoisotopic (exact) mass is 162 g/mol. The van der Waals surface area contributed by atoms with Crippen LogP contribution < -0.4 is 0 Å². The first-order chi connectivity index (χ1) is 4.75. The van der Waals surface area contributed by atoms with E-state index in [0.29, 0.717) is 0 Å². The van der Waals surface area contributed by atoms with E-state index in [9.17, 15) is 13.6 Å². The third-order valence-electron chi connectivity index (χ3n) is 1.76. The van der Waals surface area contributed by atoms with Crippen LogP contribution in [0.3, 0.4) is 0 Å². The minimum absolute atomic E-state index is 0.880. The molecule has 0 N–H and O–H groups in total. The summed E-state index contributed by atoms with van der Waals surface area (Å²) in [5, 5.41) is 0. The van der Waals surface area contributed by atoms with E-state index in [1.165, 1.54) is 13.8 Å². The van der Waals surface area contributed by atoms with Crippen molar-refractivity contribution < 1.29 is 13.6 Å². The van der Waals surface area contributed by atoms with Crippen LogP contribution in [0.1, 0.15) is 20.8 Å². The van der Waals surface area contributed by atoms with Crippen molar-refractivity contribution in [2.45, 2.75) is 26.7 Å². The number of alkyl halides is 2. The molecule has 1 nitrogen and oxygen atoms in total. The summed E-state index contributed by atoms with van der Waals surface area (Å²) in [6.07, 6.45) is 1.09. The van der Waals surface area contributed by atoms with E-state index >= 15 is 0 Å². The first-order valence-corrected chi connectivity index (χ1v) is 3.28. The Balaban J connectivity index is 4.81. The number of carbonyl (C=O) groups is 1. The lowest BCUT2D eigenvalue weighted by atomic mass is 9.84. The minimum atomic E-state index is -3.31. The summed E-state index contributed by atoms with van der Waals surface area (Å²) in [6, 6.07) is 0. The van der Waals surface area contributed by atoms with E-state index in [-0.39, 0.29) is 0 Å². The van der Waals surface area contributed by atoms with Gasteiger partial charge in [0.15, 0.2) is 5.78 Å². The van der Waals surface area contributed by atoms with Gasteiger partial charge < -0.3 is 0 Å². The Bertz CT molecular complexity index is 183. The topological polar surface area (TPSA) is 17.1 Å². The summed E-state index contributed by atoms with van der Waals surface area (Å²) in [7, 11) is 0. The van der Waals surface area contributed by atoms with Crippen LogP contribution in [0.4, 0.5) is 8.78 Å². The summed E-state index contributed by atoms with van der Waals surface area (Å²) in [5.74, 6) is -4.43. The largest absolute Gasteiger partial charge is 0.313 e. The number of halogens is 2. The highest BCUT2D eigenvalue weighted by Crippen LogP contribution is 2.37. The third-order valence-corrected chi connectivity index (χ3v) is 1.76. The molecule has 0 saturated carbocycles. The molecular weight excluding hydrogens is 150 g/mol. The molecule has 0 aliphatic heterocycles. The summed E-state index contributed by atoms with van der Waals surface area (Å²) in [6.45, 7) is 6.69. The molecule has 0 rings (SSSR count). The van der Waals surface area contributed by atoms with Crippen LogP contribution in [0, 0.1) is 5.41 Å². The van der Waals surface area contributed by atoms with Gasteiger partial charge in [0.05, 0.1) is 5.41 Å². The minimum Gasteiger partial charge on any atom is -0.293 e. The molecule has 0 fully saturated rings. The number of rotatable bonds is 3. The van der Waals surface area contributed by atoms with E-state index < -0.39 is 17.1 Å². The Morgan fingerprint density at radius 3 is 1.91 bits per heavy atom. The summed E-state index contributed by atoms with van der Waals surface area (Å²) in [4.78, 5) is 10.5. The van der Waals surface area contributed by atoms with Crippen molar-refractivity contribution in [3.05, 3.63) is 12.7 Å².